The molecule has 0 radical (unpaired) electrons. The molecule has 0 bridgehead atoms. The van der Waals surface area contributed by atoms with Crippen molar-refractivity contribution in [3.8, 4) is 0 Å². The quantitative estimate of drug-likeness (QED) is 0.927. The highest BCUT2D eigenvalue weighted by atomic mass is 35.5. The Morgan fingerprint density at radius 3 is 2.55 bits per heavy atom. The van der Waals surface area contributed by atoms with Crippen LogP contribution in [0.25, 0.3) is 0 Å². The van der Waals surface area contributed by atoms with E-state index < -0.39 is 0 Å². The summed E-state index contributed by atoms with van der Waals surface area (Å²) in [5.74, 6) is 0.683. The van der Waals surface area contributed by atoms with Gasteiger partial charge in [-0.3, -0.25) is 4.79 Å². The summed E-state index contributed by atoms with van der Waals surface area (Å²) in [5, 5.41) is 3.58. The Labute approximate surface area is 125 Å². The molecular weight excluding hydrogens is 274 g/mol. The Hall–Kier alpha value is -1.29. The largest absolute Gasteiger partial charge is 0.369 e. The van der Waals surface area contributed by atoms with Crippen molar-refractivity contribution in [2.75, 3.05) is 25.0 Å². The predicted octanol–water partition coefficient (Wildman–Crippen LogP) is 3.57. The zero-order chi connectivity index (χ0) is 14.4. The van der Waals surface area contributed by atoms with E-state index in [-0.39, 0.29) is 5.91 Å². The molecule has 0 aromatic carbocycles. The molecule has 1 aromatic rings. The number of likely N-dealkylation sites (tertiary alicyclic amines) is 1. The van der Waals surface area contributed by atoms with E-state index in [1.807, 2.05) is 11.8 Å². The lowest BCUT2D eigenvalue weighted by molar-refractivity contribution is 0.0742. The first-order valence-corrected chi connectivity index (χ1v) is 7.79. The van der Waals surface area contributed by atoms with Crippen molar-refractivity contribution in [3.63, 3.8) is 0 Å². The molecule has 1 aliphatic heterocycles. The van der Waals surface area contributed by atoms with E-state index in [2.05, 4.69) is 10.3 Å². The van der Waals surface area contributed by atoms with Gasteiger partial charge in [0.2, 0.25) is 0 Å². The zero-order valence-corrected chi connectivity index (χ0v) is 12.7. The molecule has 1 N–H and O–H groups in total. The molecule has 1 aromatic heterocycles. The van der Waals surface area contributed by atoms with Crippen LogP contribution in [0.15, 0.2) is 12.3 Å². The van der Waals surface area contributed by atoms with Gasteiger partial charge in [-0.25, -0.2) is 4.98 Å². The second-order valence-electron chi connectivity index (χ2n) is 5.14. The van der Waals surface area contributed by atoms with E-state index in [4.69, 9.17) is 11.6 Å². The summed E-state index contributed by atoms with van der Waals surface area (Å²) in [4.78, 5) is 18.7. The summed E-state index contributed by atoms with van der Waals surface area (Å²) in [7, 11) is 0. The van der Waals surface area contributed by atoms with Gasteiger partial charge in [0, 0.05) is 25.8 Å². The lowest BCUT2D eigenvalue weighted by atomic mass is 10.1. The number of amides is 1. The second-order valence-corrected chi connectivity index (χ2v) is 5.55. The number of nitrogens with one attached hydrogen (secondary N) is 1. The predicted molar refractivity (Wildman–Crippen MR) is 82.4 cm³/mol. The zero-order valence-electron chi connectivity index (χ0n) is 12.0. The van der Waals surface area contributed by atoms with E-state index in [9.17, 15) is 4.79 Å². The van der Waals surface area contributed by atoms with Crippen LogP contribution in [0.1, 0.15) is 49.4 Å². The lowest BCUT2D eigenvalue weighted by Crippen LogP contribution is -2.33. The highest BCUT2D eigenvalue weighted by Gasteiger charge is 2.18. The van der Waals surface area contributed by atoms with Crippen LogP contribution in [0.3, 0.4) is 0 Å². The van der Waals surface area contributed by atoms with Crippen LogP contribution in [-0.4, -0.2) is 35.4 Å². The van der Waals surface area contributed by atoms with Crippen LogP contribution in [0, 0.1) is 0 Å². The standard InChI is InChI=1S/C15H22ClN3O/c1-2-17-14-13(16)10-12(11-18-14)15(20)19-8-6-4-3-5-7-9-19/h10-11H,2-9H2,1H3,(H,17,18). The topological polar surface area (TPSA) is 45.2 Å². The normalized spacial score (nSPS) is 16.4. The van der Waals surface area contributed by atoms with E-state index in [0.717, 1.165) is 32.5 Å². The summed E-state index contributed by atoms with van der Waals surface area (Å²) in [5.41, 5.74) is 0.581. The van der Waals surface area contributed by atoms with Crippen molar-refractivity contribution in [2.45, 2.75) is 39.0 Å². The number of anilines is 1. The molecular formula is C15H22ClN3O. The molecule has 20 heavy (non-hydrogen) atoms. The molecule has 0 spiro atoms. The van der Waals surface area contributed by atoms with E-state index in [1.54, 1.807) is 12.3 Å². The maximum Gasteiger partial charge on any atom is 0.255 e. The fourth-order valence-electron chi connectivity index (χ4n) is 2.49. The lowest BCUT2D eigenvalue weighted by Gasteiger charge is -2.24. The highest BCUT2D eigenvalue weighted by Crippen LogP contribution is 2.21. The molecule has 110 valence electrons. The number of hydrogen-bond donors (Lipinski definition) is 1. The third-order valence-electron chi connectivity index (χ3n) is 3.58. The summed E-state index contributed by atoms with van der Waals surface area (Å²) >= 11 is 6.15. The van der Waals surface area contributed by atoms with Crippen molar-refractivity contribution in [1.29, 1.82) is 0 Å². The molecule has 2 heterocycles. The van der Waals surface area contributed by atoms with Crippen LogP contribution in [0.4, 0.5) is 5.82 Å². The minimum Gasteiger partial charge on any atom is -0.369 e. The SMILES string of the molecule is CCNc1ncc(C(=O)N2CCCCCCC2)cc1Cl. The van der Waals surface area contributed by atoms with Gasteiger partial charge in [-0.05, 0) is 25.8 Å². The van der Waals surface area contributed by atoms with Gasteiger partial charge in [0.25, 0.3) is 5.91 Å². The van der Waals surface area contributed by atoms with Gasteiger partial charge in [-0.1, -0.05) is 30.9 Å². The van der Waals surface area contributed by atoms with Crippen LogP contribution >= 0.6 is 11.6 Å². The molecule has 0 saturated carbocycles. The molecule has 0 unspecified atom stereocenters. The number of aromatic nitrogens is 1. The maximum atomic E-state index is 12.5. The summed E-state index contributed by atoms with van der Waals surface area (Å²) in [6, 6.07) is 1.72. The number of nitrogens with zero attached hydrogens (tertiary/aromatic N) is 2. The monoisotopic (exact) mass is 295 g/mol. The number of hydrogen-bond acceptors (Lipinski definition) is 3. The highest BCUT2D eigenvalue weighted by molar-refractivity contribution is 6.33. The fraction of sp³-hybridized carbons (Fsp3) is 0.600. The van der Waals surface area contributed by atoms with Crippen molar-refractivity contribution in [1.82, 2.24) is 9.88 Å². The van der Waals surface area contributed by atoms with E-state index in [0.29, 0.717) is 16.4 Å². The van der Waals surface area contributed by atoms with Crippen LogP contribution in [0.2, 0.25) is 5.02 Å². The number of carbonyl (C=O) groups is 1. The van der Waals surface area contributed by atoms with Gasteiger partial charge < -0.3 is 10.2 Å². The van der Waals surface area contributed by atoms with Gasteiger partial charge in [0.15, 0.2) is 0 Å². The first-order valence-electron chi connectivity index (χ1n) is 7.41. The average molecular weight is 296 g/mol. The van der Waals surface area contributed by atoms with Crippen LogP contribution < -0.4 is 5.32 Å². The van der Waals surface area contributed by atoms with E-state index >= 15 is 0 Å². The molecule has 1 aliphatic rings. The molecule has 0 aliphatic carbocycles. The summed E-state index contributed by atoms with van der Waals surface area (Å²) in [6.07, 6.45) is 7.49. The molecule has 5 heteroatoms. The van der Waals surface area contributed by atoms with Crippen molar-refractivity contribution < 1.29 is 4.79 Å². The first kappa shape index (κ1) is 15.1. The minimum atomic E-state index is 0.0457. The Bertz CT molecular complexity index is 456. The second kappa shape index (κ2) is 7.48. The van der Waals surface area contributed by atoms with Gasteiger partial charge in [0.1, 0.15) is 5.82 Å². The van der Waals surface area contributed by atoms with E-state index in [1.165, 1.54) is 19.3 Å². The van der Waals surface area contributed by atoms with Crippen LogP contribution in [-0.2, 0) is 0 Å². The van der Waals surface area contributed by atoms with Crippen LogP contribution in [0.5, 0.6) is 0 Å². The number of pyridine rings is 1. The smallest absolute Gasteiger partial charge is 0.255 e. The van der Waals surface area contributed by atoms with Crippen molar-refractivity contribution in [2.24, 2.45) is 0 Å². The Morgan fingerprint density at radius 1 is 1.30 bits per heavy atom. The number of halogens is 1. The molecule has 0 atom stereocenters. The average Bonchev–Trinajstić information content (AvgIpc) is 2.40. The molecule has 1 saturated heterocycles. The van der Waals surface area contributed by atoms with Gasteiger partial charge in [0.05, 0.1) is 10.6 Å². The number of rotatable bonds is 3. The van der Waals surface area contributed by atoms with Gasteiger partial charge >= 0.3 is 0 Å². The van der Waals surface area contributed by atoms with Crippen molar-refractivity contribution in [3.05, 3.63) is 22.8 Å². The molecule has 1 fully saturated rings. The molecule has 1 amide bonds. The number of carbonyl (C=O) groups excluding carboxylic acids is 1. The third kappa shape index (κ3) is 3.85. The Kier molecular flexibility index (Phi) is 5.65. The van der Waals surface area contributed by atoms with Gasteiger partial charge in [-0.15, -0.1) is 0 Å². The third-order valence-corrected chi connectivity index (χ3v) is 3.86. The molecule has 4 nitrogen and oxygen atoms in total. The Balaban J connectivity index is 2.09. The fourth-order valence-corrected chi connectivity index (χ4v) is 2.72. The Morgan fingerprint density at radius 2 is 1.95 bits per heavy atom. The summed E-state index contributed by atoms with van der Waals surface area (Å²) in [6.45, 7) is 4.42. The van der Waals surface area contributed by atoms with Gasteiger partial charge in [-0.2, -0.15) is 0 Å². The summed E-state index contributed by atoms with van der Waals surface area (Å²) < 4.78 is 0. The first-order chi connectivity index (χ1) is 9.72. The molecule has 2 rings (SSSR count). The van der Waals surface area contributed by atoms with Crippen molar-refractivity contribution >= 4 is 23.3 Å². The minimum absolute atomic E-state index is 0.0457. The maximum absolute atomic E-state index is 12.5.